The van der Waals surface area contributed by atoms with Crippen LogP contribution >= 0.6 is 35.0 Å². The Bertz CT molecular complexity index is 859. The molecule has 0 saturated heterocycles. The number of hydrogen-bond donors (Lipinski definition) is 1. The van der Waals surface area contributed by atoms with Crippen LogP contribution in [0.4, 0.5) is 0 Å². The van der Waals surface area contributed by atoms with Crippen molar-refractivity contribution in [3.8, 4) is 0 Å². The molecule has 0 unspecified atom stereocenters. The lowest BCUT2D eigenvalue weighted by Gasteiger charge is -2.30. The van der Waals surface area contributed by atoms with Gasteiger partial charge in [-0.1, -0.05) is 66.0 Å². The van der Waals surface area contributed by atoms with Crippen molar-refractivity contribution in [2.45, 2.75) is 45.5 Å². The Morgan fingerprint density at radius 3 is 2.40 bits per heavy atom. The van der Waals surface area contributed by atoms with Crippen LogP contribution in [0.25, 0.3) is 0 Å². The second-order valence-corrected chi connectivity index (χ2v) is 8.88. The van der Waals surface area contributed by atoms with Crippen LogP contribution in [0, 0.1) is 6.92 Å². The van der Waals surface area contributed by atoms with E-state index < -0.39 is 6.04 Å². The number of nitrogens with one attached hydrogen (secondary N) is 1. The Kier molecular flexibility index (Phi) is 10.0. The van der Waals surface area contributed by atoms with Crippen LogP contribution in [-0.2, 0) is 21.9 Å². The molecule has 0 aliphatic heterocycles. The van der Waals surface area contributed by atoms with E-state index in [2.05, 4.69) is 29.6 Å². The normalized spacial score (nSPS) is 11.8. The molecule has 2 rings (SSSR count). The summed E-state index contributed by atoms with van der Waals surface area (Å²) in [5, 5.41) is 3.85. The standard InChI is InChI=1S/C23H28Cl2N2O2S/c1-4-21(23(29)26-5-2)27(13-18-10-11-19(24)12-20(18)25)22(28)15-30-14-17-8-6-16(3)7-9-17/h6-12,21H,4-5,13-15H2,1-3H3,(H,26,29)/t21-/m0/s1. The summed E-state index contributed by atoms with van der Waals surface area (Å²) in [5.74, 6) is 0.785. The van der Waals surface area contributed by atoms with Crippen LogP contribution in [0.5, 0.6) is 0 Å². The lowest BCUT2D eigenvalue weighted by Crippen LogP contribution is -2.49. The summed E-state index contributed by atoms with van der Waals surface area (Å²) in [6.45, 7) is 6.59. The van der Waals surface area contributed by atoms with E-state index in [0.717, 1.165) is 11.3 Å². The number of amides is 2. The molecule has 7 heteroatoms. The van der Waals surface area contributed by atoms with Gasteiger partial charge in [0.25, 0.3) is 0 Å². The Hall–Kier alpha value is -1.69. The lowest BCUT2D eigenvalue weighted by molar-refractivity contribution is -0.139. The highest BCUT2D eigenvalue weighted by atomic mass is 35.5. The third-order valence-corrected chi connectivity index (χ3v) is 6.28. The highest BCUT2D eigenvalue weighted by molar-refractivity contribution is 7.99. The van der Waals surface area contributed by atoms with Gasteiger partial charge in [0.15, 0.2) is 0 Å². The zero-order chi connectivity index (χ0) is 22.1. The zero-order valence-electron chi connectivity index (χ0n) is 17.6. The number of likely N-dealkylation sites (N-methyl/N-ethyl adjacent to an activating group) is 1. The predicted octanol–water partition coefficient (Wildman–Crippen LogP) is 5.48. The number of hydrogen-bond acceptors (Lipinski definition) is 3. The van der Waals surface area contributed by atoms with Gasteiger partial charge in [-0.3, -0.25) is 9.59 Å². The first-order chi connectivity index (χ1) is 14.3. The molecule has 0 saturated carbocycles. The van der Waals surface area contributed by atoms with Crippen molar-refractivity contribution in [1.29, 1.82) is 0 Å². The fraction of sp³-hybridized carbons (Fsp3) is 0.391. The molecule has 4 nitrogen and oxygen atoms in total. The molecule has 2 aromatic carbocycles. The molecule has 0 fully saturated rings. The van der Waals surface area contributed by atoms with Gasteiger partial charge in [0.05, 0.1) is 5.75 Å². The van der Waals surface area contributed by atoms with Crippen LogP contribution in [0.3, 0.4) is 0 Å². The van der Waals surface area contributed by atoms with E-state index in [1.807, 2.05) is 20.8 Å². The topological polar surface area (TPSA) is 49.4 Å². The second-order valence-electron chi connectivity index (χ2n) is 7.05. The first-order valence-electron chi connectivity index (χ1n) is 10.00. The van der Waals surface area contributed by atoms with E-state index in [-0.39, 0.29) is 24.1 Å². The molecule has 30 heavy (non-hydrogen) atoms. The average Bonchev–Trinajstić information content (AvgIpc) is 2.71. The van der Waals surface area contributed by atoms with Crippen LogP contribution < -0.4 is 5.32 Å². The maximum absolute atomic E-state index is 13.1. The Morgan fingerprint density at radius 2 is 1.80 bits per heavy atom. The van der Waals surface area contributed by atoms with E-state index in [4.69, 9.17) is 23.2 Å². The maximum Gasteiger partial charge on any atom is 0.242 e. The molecule has 0 aliphatic rings. The number of halogens is 2. The summed E-state index contributed by atoms with van der Waals surface area (Å²) in [5.41, 5.74) is 3.14. The van der Waals surface area contributed by atoms with E-state index in [1.165, 1.54) is 11.1 Å². The molecule has 162 valence electrons. The molecular weight excluding hydrogens is 439 g/mol. The Balaban J connectivity index is 2.14. The Labute approximate surface area is 193 Å². The summed E-state index contributed by atoms with van der Waals surface area (Å²) < 4.78 is 0. The number of nitrogens with zero attached hydrogens (tertiary/aromatic N) is 1. The van der Waals surface area contributed by atoms with E-state index >= 15 is 0 Å². The van der Waals surface area contributed by atoms with Gasteiger partial charge in [0, 0.05) is 28.9 Å². The quantitative estimate of drug-likeness (QED) is 0.504. The number of aryl methyl sites for hydroxylation is 1. The van der Waals surface area contributed by atoms with Crippen molar-refractivity contribution in [1.82, 2.24) is 10.2 Å². The summed E-state index contributed by atoms with van der Waals surface area (Å²) in [6, 6.07) is 12.9. The van der Waals surface area contributed by atoms with Crippen molar-refractivity contribution in [3.05, 3.63) is 69.2 Å². The largest absolute Gasteiger partial charge is 0.355 e. The molecule has 2 aromatic rings. The number of rotatable bonds is 10. The summed E-state index contributed by atoms with van der Waals surface area (Å²) >= 11 is 13.9. The number of thioether (sulfide) groups is 1. The minimum atomic E-state index is -0.552. The molecule has 2 amide bonds. The van der Waals surface area contributed by atoms with Gasteiger partial charge in [-0.2, -0.15) is 0 Å². The zero-order valence-corrected chi connectivity index (χ0v) is 19.9. The van der Waals surface area contributed by atoms with Gasteiger partial charge in [0.1, 0.15) is 6.04 Å². The van der Waals surface area contributed by atoms with Crippen LogP contribution in [0.15, 0.2) is 42.5 Å². The summed E-state index contributed by atoms with van der Waals surface area (Å²) in [7, 11) is 0. The van der Waals surface area contributed by atoms with Gasteiger partial charge in [-0.15, -0.1) is 11.8 Å². The highest BCUT2D eigenvalue weighted by Crippen LogP contribution is 2.24. The van der Waals surface area contributed by atoms with Crippen LogP contribution in [-0.4, -0.2) is 35.1 Å². The molecule has 0 radical (unpaired) electrons. The van der Waals surface area contributed by atoms with Crippen LogP contribution in [0.1, 0.15) is 37.0 Å². The van der Waals surface area contributed by atoms with Crippen molar-refractivity contribution in [3.63, 3.8) is 0 Å². The molecular formula is C23H28Cl2N2O2S. The van der Waals surface area contributed by atoms with Crippen LogP contribution in [0.2, 0.25) is 10.0 Å². The second kappa shape index (κ2) is 12.2. The molecule has 0 aliphatic carbocycles. The minimum Gasteiger partial charge on any atom is -0.355 e. The number of benzene rings is 2. The summed E-state index contributed by atoms with van der Waals surface area (Å²) in [4.78, 5) is 27.4. The van der Waals surface area contributed by atoms with Crippen molar-refractivity contribution >= 4 is 46.8 Å². The monoisotopic (exact) mass is 466 g/mol. The first-order valence-corrected chi connectivity index (χ1v) is 11.9. The van der Waals surface area contributed by atoms with Gasteiger partial charge in [-0.05, 0) is 43.5 Å². The van der Waals surface area contributed by atoms with Gasteiger partial charge in [-0.25, -0.2) is 0 Å². The Morgan fingerprint density at radius 1 is 1.10 bits per heavy atom. The van der Waals surface area contributed by atoms with Crippen molar-refractivity contribution in [2.24, 2.45) is 0 Å². The van der Waals surface area contributed by atoms with Gasteiger partial charge >= 0.3 is 0 Å². The van der Waals surface area contributed by atoms with Crippen molar-refractivity contribution in [2.75, 3.05) is 12.3 Å². The molecule has 0 bridgehead atoms. The highest BCUT2D eigenvalue weighted by Gasteiger charge is 2.28. The van der Waals surface area contributed by atoms with E-state index in [0.29, 0.717) is 23.0 Å². The van der Waals surface area contributed by atoms with Gasteiger partial charge < -0.3 is 10.2 Å². The first kappa shape index (κ1) is 24.6. The lowest BCUT2D eigenvalue weighted by atomic mass is 10.1. The average molecular weight is 467 g/mol. The molecule has 0 aromatic heterocycles. The fourth-order valence-corrected chi connectivity index (χ4v) is 4.41. The third-order valence-electron chi connectivity index (χ3n) is 4.71. The minimum absolute atomic E-state index is 0.0868. The van der Waals surface area contributed by atoms with Crippen molar-refractivity contribution < 1.29 is 9.59 Å². The summed E-state index contributed by atoms with van der Waals surface area (Å²) in [6.07, 6.45) is 0.519. The van der Waals surface area contributed by atoms with E-state index in [1.54, 1.807) is 34.9 Å². The molecule has 1 atom stereocenters. The van der Waals surface area contributed by atoms with E-state index in [9.17, 15) is 9.59 Å². The predicted molar refractivity (Wildman–Crippen MR) is 127 cm³/mol. The smallest absolute Gasteiger partial charge is 0.242 e. The van der Waals surface area contributed by atoms with Gasteiger partial charge in [0.2, 0.25) is 11.8 Å². The third kappa shape index (κ3) is 7.22. The molecule has 0 spiro atoms. The number of carbonyl (C=O) groups is 2. The fourth-order valence-electron chi connectivity index (χ4n) is 3.07. The number of carbonyl (C=O) groups excluding carboxylic acids is 2. The molecule has 1 N–H and O–H groups in total. The SMILES string of the molecule is CCNC(=O)[C@H](CC)N(Cc1ccc(Cl)cc1Cl)C(=O)CSCc1ccc(C)cc1. The maximum atomic E-state index is 13.1. The molecule has 0 heterocycles.